The first kappa shape index (κ1) is 20.0. The number of nitrogens with zero attached hydrogens (tertiary/aromatic N) is 2. The molecule has 1 N–H and O–H groups in total. The summed E-state index contributed by atoms with van der Waals surface area (Å²) in [6.45, 7) is 4.23. The molecule has 2 heterocycles. The van der Waals surface area contributed by atoms with Crippen LogP contribution in [-0.4, -0.2) is 58.8 Å². The summed E-state index contributed by atoms with van der Waals surface area (Å²) in [6.07, 6.45) is 1.63. The summed E-state index contributed by atoms with van der Waals surface area (Å²) in [6, 6.07) is 18.4. The van der Waals surface area contributed by atoms with Gasteiger partial charge in [0.05, 0.1) is 11.0 Å². The van der Waals surface area contributed by atoms with Crippen LogP contribution >= 0.6 is 11.8 Å². The smallest absolute Gasteiger partial charge is 0.237 e. The minimum absolute atomic E-state index is 0.0143. The highest BCUT2D eigenvalue weighted by Crippen LogP contribution is 2.27. The van der Waals surface area contributed by atoms with Gasteiger partial charge in [-0.3, -0.25) is 14.5 Å². The second kappa shape index (κ2) is 9.46. The molecule has 29 heavy (non-hydrogen) atoms. The molecule has 2 aromatic rings. The van der Waals surface area contributed by atoms with Crippen molar-refractivity contribution in [2.24, 2.45) is 0 Å². The second-order valence-electron chi connectivity index (χ2n) is 7.63. The van der Waals surface area contributed by atoms with Gasteiger partial charge in [-0.2, -0.15) is 0 Å². The Morgan fingerprint density at radius 1 is 1.00 bits per heavy atom. The first-order valence-electron chi connectivity index (χ1n) is 10.2. The van der Waals surface area contributed by atoms with E-state index in [0.717, 1.165) is 51.3 Å². The van der Waals surface area contributed by atoms with Crippen molar-refractivity contribution < 1.29 is 9.59 Å². The van der Waals surface area contributed by atoms with Gasteiger partial charge in [0.15, 0.2) is 0 Å². The first-order chi connectivity index (χ1) is 14.2. The molecule has 0 aliphatic carbocycles. The standard InChI is InChI=1S/C23H27N3O2S/c27-22(26-14-12-25(13-15-26)16-18-6-2-1-3-7-18)17-29-21-11-10-19-8-4-5-9-20(19)24-23(21)28/h1-9,21H,10-17H2,(H,24,28)/t21-/m1/s1. The predicted molar refractivity (Wildman–Crippen MR) is 118 cm³/mol. The number of para-hydroxylation sites is 1. The molecule has 6 heteroatoms. The number of nitrogens with one attached hydrogen (secondary N) is 1. The third-order valence-electron chi connectivity index (χ3n) is 5.63. The van der Waals surface area contributed by atoms with E-state index in [1.165, 1.54) is 22.9 Å². The lowest BCUT2D eigenvalue weighted by Gasteiger charge is -2.35. The van der Waals surface area contributed by atoms with Gasteiger partial charge in [-0.15, -0.1) is 11.8 Å². The Morgan fingerprint density at radius 2 is 1.72 bits per heavy atom. The number of carbonyl (C=O) groups excluding carboxylic acids is 2. The number of anilines is 1. The van der Waals surface area contributed by atoms with Crippen LogP contribution < -0.4 is 5.32 Å². The summed E-state index contributed by atoms with van der Waals surface area (Å²) >= 11 is 1.48. The molecule has 0 aromatic heterocycles. The number of hydrogen-bond acceptors (Lipinski definition) is 4. The van der Waals surface area contributed by atoms with E-state index in [-0.39, 0.29) is 17.1 Å². The summed E-state index contributed by atoms with van der Waals surface area (Å²) in [5.74, 6) is 0.525. The van der Waals surface area contributed by atoms with E-state index in [4.69, 9.17) is 0 Å². The van der Waals surface area contributed by atoms with Crippen LogP contribution in [0.25, 0.3) is 0 Å². The van der Waals surface area contributed by atoms with Crippen LogP contribution in [0.2, 0.25) is 0 Å². The predicted octanol–water partition coefficient (Wildman–Crippen LogP) is 3.02. The van der Waals surface area contributed by atoms with Gasteiger partial charge in [0.1, 0.15) is 0 Å². The number of fused-ring (bicyclic) bond motifs is 1. The average molecular weight is 410 g/mol. The zero-order valence-corrected chi connectivity index (χ0v) is 17.4. The normalized spacial score (nSPS) is 19.9. The third-order valence-corrected chi connectivity index (χ3v) is 6.89. The Balaban J connectivity index is 1.23. The summed E-state index contributed by atoms with van der Waals surface area (Å²) < 4.78 is 0. The Morgan fingerprint density at radius 3 is 2.52 bits per heavy atom. The number of carbonyl (C=O) groups is 2. The molecule has 0 radical (unpaired) electrons. The lowest BCUT2D eigenvalue weighted by molar-refractivity contribution is -0.130. The zero-order valence-electron chi connectivity index (χ0n) is 16.5. The molecule has 2 aliphatic heterocycles. The van der Waals surface area contributed by atoms with Crippen molar-refractivity contribution in [2.45, 2.75) is 24.6 Å². The molecule has 0 bridgehead atoms. The van der Waals surface area contributed by atoms with Crippen molar-refractivity contribution in [3.05, 3.63) is 65.7 Å². The summed E-state index contributed by atoms with van der Waals surface area (Å²) in [7, 11) is 0. The summed E-state index contributed by atoms with van der Waals surface area (Å²) in [5, 5.41) is 2.84. The maximum atomic E-state index is 12.7. The maximum Gasteiger partial charge on any atom is 0.237 e. The van der Waals surface area contributed by atoms with Gasteiger partial charge < -0.3 is 10.2 Å². The molecule has 2 aromatic carbocycles. The molecule has 0 spiro atoms. The van der Waals surface area contributed by atoms with E-state index < -0.39 is 0 Å². The topological polar surface area (TPSA) is 52.7 Å². The molecular formula is C23H27N3O2S. The highest BCUT2D eigenvalue weighted by atomic mass is 32.2. The minimum atomic E-state index is -0.175. The summed E-state index contributed by atoms with van der Waals surface area (Å²) in [4.78, 5) is 29.5. The number of rotatable bonds is 5. The summed E-state index contributed by atoms with van der Waals surface area (Å²) in [5.41, 5.74) is 3.38. The van der Waals surface area contributed by atoms with Crippen LogP contribution in [-0.2, 0) is 22.6 Å². The number of thioether (sulfide) groups is 1. The van der Waals surface area contributed by atoms with E-state index >= 15 is 0 Å². The molecular weight excluding hydrogens is 382 g/mol. The van der Waals surface area contributed by atoms with Gasteiger partial charge in [0, 0.05) is 38.4 Å². The van der Waals surface area contributed by atoms with Crippen LogP contribution in [0.1, 0.15) is 17.5 Å². The molecule has 4 rings (SSSR count). The van der Waals surface area contributed by atoms with Gasteiger partial charge in [0.2, 0.25) is 11.8 Å². The van der Waals surface area contributed by atoms with Crippen LogP contribution in [0.4, 0.5) is 5.69 Å². The third kappa shape index (κ3) is 5.19. The minimum Gasteiger partial charge on any atom is -0.339 e. The van der Waals surface area contributed by atoms with Gasteiger partial charge in [-0.05, 0) is 30.0 Å². The Kier molecular flexibility index (Phi) is 6.52. The molecule has 1 fully saturated rings. The van der Waals surface area contributed by atoms with Crippen LogP contribution in [0.5, 0.6) is 0 Å². The molecule has 0 saturated carbocycles. The SMILES string of the molecule is O=C1Nc2ccccc2CC[C@H]1SCC(=O)N1CCN(Cc2ccccc2)CC1. The van der Waals surface area contributed by atoms with Crippen LogP contribution in [0, 0.1) is 0 Å². The Hall–Kier alpha value is -2.31. The van der Waals surface area contributed by atoms with Gasteiger partial charge >= 0.3 is 0 Å². The fourth-order valence-corrected chi connectivity index (χ4v) is 4.93. The molecule has 1 atom stereocenters. The van der Waals surface area contributed by atoms with Gasteiger partial charge in [-0.1, -0.05) is 48.5 Å². The maximum absolute atomic E-state index is 12.7. The molecule has 0 unspecified atom stereocenters. The first-order valence-corrected chi connectivity index (χ1v) is 11.3. The van der Waals surface area contributed by atoms with E-state index in [2.05, 4.69) is 40.5 Å². The Labute approximate surface area is 176 Å². The number of piperazine rings is 1. The van der Waals surface area contributed by atoms with Crippen LogP contribution in [0.3, 0.4) is 0 Å². The second-order valence-corrected chi connectivity index (χ2v) is 8.82. The van der Waals surface area contributed by atoms with Crippen molar-refractivity contribution >= 4 is 29.3 Å². The monoisotopic (exact) mass is 409 g/mol. The highest BCUT2D eigenvalue weighted by Gasteiger charge is 2.27. The molecule has 5 nitrogen and oxygen atoms in total. The van der Waals surface area contributed by atoms with Gasteiger partial charge in [0.25, 0.3) is 0 Å². The molecule has 1 saturated heterocycles. The quantitative estimate of drug-likeness (QED) is 0.825. The van der Waals surface area contributed by atoms with Gasteiger partial charge in [-0.25, -0.2) is 0 Å². The van der Waals surface area contributed by atoms with Crippen molar-refractivity contribution in [3.8, 4) is 0 Å². The highest BCUT2D eigenvalue weighted by molar-refractivity contribution is 8.01. The molecule has 2 amide bonds. The fraction of sp³-hybridized carbons (Fsp3) is 0.391. The van der Waals surface area contributed by atoms with E-state index in [1.54, 1.807) is 0 Å². The van der Waals surface area contributed by atoms with Crippen LogP contribution in [0.15, 0.2) is 54.6 Å². The van der Waals surface area contributed by atoms with E-state index in [0.29, 0.717) is 5.75 Å². The van der Waals surface area contributed by atoms with Crippen molar-refractivity contribution in [1.29, 1.82) is 0 Å². The van der Waals surface area contributed by atoms with Crippen molar-refractivity contribution in [2.75, 3.05) is 37.2 Å². The number of amides is 2. The molecule has 2 aliphatic rings. The zero-order chi connectivity index (χ0) is 20.1. The Bertz CT molecular complexity index is 850. The lowest BCUT2D eigenvalue weighted by atomic mass is 10.1. The van der Waals surface area contributed by atoms with E-state index in [1.807, 2.05) is 29.2 Å². The average Bonchev–Trinajstić information content (AvgIpc) is 2.91. The van der Waals surface area contributed by atoms with Crippen molar-refractivity contribution in [1.82, 2.24) is 9.80 Å². The largest absolute Gasteiger partial charge is 0.339 e. The number of benzene rings is 2. The van der Waals surface area contributed by atoms with Crippen molar-refractivity contribution in [3.63, 3.8) is 0 Å². The number of hydrogen-bond donors (Lipinski definition) is 1. The lowest BCUT2D eigenvalue weighted by Crippen LogP contribution is -2.49. The number of aryl methyl sites for hydroxylation is 1. The van der Waals surface area contributed by atoms with E-state index in [9.17, 15) is 9.59 Å². The molecule has 152 valence electrons. The fourth-order valence-electron chi connectivity index (χ4n) is 3.91.